The van der Waals surface area contributed by atoms with Gasteiger partial charge in [-0.1, -0.05) is 15.9 Å². The van der Waals surface area contributed by atoms with E-state index in [0.29, 0.717) is 6.42 Å². The van der Waals surface area contributed by atoms with Crippen molar-refractivity contribution in [3.8, 4) is 0 Å². The smallest absolute Gasteiger partial charge is 0.220 e. The number of rotatable bonds is 8. The summed E-state index contributed by atoms with van der Waals surface area (Å²) in [4.78, 5) is 13.6. The molecule has 15 heavy (non-hydrogen) atoms. The van der Waals surface area contributed by atoms with Crippen LogP contribution in [-0.2, 0) is 4.79 Å². The fourth-order valence-electron chi connectivity index (χ4n) is 1.25. The Morgan fingerprint density at radius 1 is 1.40 bits per heavy atom. The van der Waals surface area contributed by atoms with Crippen molar-refractivity contribution >= 4 is 21.8 Å². The molecule has 0 fully saturated rings. The van der Waals surface area contributed by atoms with Crippen molar-refractivity contribution in [2.24, 2.45) is 0 Å². The van der Waals surface area contributed by atoms with E-state index in [9.17, 15) is 4.79 Å². The maximum absolute atomic E-state index is 11.4. The van der Waals surface area contributed by atoms with Gasteiger partial charge in [-0.25, -0.2) is 0 Å². The molecule has 0 radical (unpaired) electrons. The third-order valence-electron chi connectivity index (χ3n) is 2.20. The van der Waals surface area contributed by atoms with Gasteiger partial charge in [-0.3, -0.25) is 4.79 Å². The van der Waals surface area contributed by atoms with Crippen molar-refractivity contribution in [2.75, 3.05) is 26.0 Å². The quantitative estimate of drug-likeness (QED) is 0.544. The molecular weight excluding hydrogens is 256 g/mol. The summed E-state index contributed by atoms with van der Waals surface area (Å²) in [5, 5.41) is 4.00. The van der Waals surface area contributed by atoms with Crippen molar-refractivity contribution in [1.82, 2.24) is 10.2 Å². The second kappa shape index (κ2) is 9.16. The predicted octanol–water partition coefficient (Wildman–Crippen LogP) is 2.01. The molecular formula is C11H23BrN2O. The molecule has 1 amide bonds. The van der Waals surface area contributed by atoms with E-state index in [2.05, 4.69) is 33.1 Å². The molecule has 0 aromatic rings. The van der Waals surface area contributed by atoms with Crippen molar-refractivity contribution < 1.29 is 4.79 Å². The highest BCUT2D eigenvalue weighted by Gasteiger charge is 2.06. The van der Waals surface area contributed by atoms with E-state index in [1.165, 1.54) is 0 Å². The van der Waals surface area contributed by atoms with Gasteiger partial charge in [0.1, 0.15) is 0 Å². The third kappa shape index (κ3) is 10.2. The van der Waals surface area contributed by atoms with E-state index >= 15 is 0 Å². The molecule has 1 N–H and O–H groups in total. The SMILES string of the molecule is CC(CCN(C)C)NC(=O)CCCCBr. The molecule has 4 heteroatoms. The zero-order valence-corrected chi connectivity index (χ0v) is 11.6. The molecule has 0 aliphatic rings. The maximum atomic E-state index is 11.4. The Labute approximate surface area is 102 Å². The van der Waals surface area contributed by atoms with Crippen LogP contribution in [0.5, 0.6) is 0 Å². The molecule has 0 bridgehead atoms. The van der Waals surface area contributed by atoms with Crippen molar-refractivity contribution in [3.63, 3.8) is 0 Å². The Balaban J connectivity index is 3.49. The van der Waals surface area contributed by atoms with E-state index in [-0.39, 0.29) is 11.9 Å². The molecule has 0 spiro atoms. The summed E-state index contributed by atoms with van der Waals surface area (Å²) >= 11 is 3.35. The molecule has 90 valence electrons. The van der Waals surface area contributed by atoms with Crippen LogP contribution < -0.4 is 5.32 Å². The Kier molecular flexibility index (Phi) is 9.10. The fourth-order valence-corrected chi connectivity index (χ4v) is 1.65. The highest BCUT2D eigenvalue weighted by Crippen LogP contribution is 2.00. The van der Waals surface area contributed by atoms with Crippen LogP contribution in [-0.4, -0.2) is 42.8 Å². The zero-order chi connectivity index (χ0) is 11.7. The van der Waals surface area contributed by atoms with Crippen LogP contribution in [0, 0.1) is 0 Å². The summed E-state index contributed by atoms with van der Waals surface area (Å²) in [7, 11) is 4.09. The van der Waals surface area contributed by atoms with Gasteiger partial charge >= 0.3 is 0 Å². The number of nitrogens with one attached hydrogen (secondary N) is 1. The third-order valence-corrected chi connectivity index (χ3v) is 2.76. The van der Waals surface area contributed by atoms with Gasteiger partial charge in [-0.05, 0) is 46.8 Å². The molecule has 1 atom stereocenters. The molecule has 0 rings (SSSR count). The van der Waals surface area contributed by atoms with Gasteiger partial charge in [0, 0.05) is 17.8 Å². The number of amides is 1. The first-order valence-corrected chi connectivity index (χ1v) is 6.68. The van der Waals surface area contributed by atoms with Crippen LogP contribution >= 0.6 is 15.9 Å². The second-order valence-corrected chi connectivity index (χ2v) is 5.00. The first kappa shape index (κ1) is 14.9. The van der Waals surface area contributed by atoms with E-state index in [0.717, 1.165) is 31.1 Å². The number of halogens is 1. The van der Waals surface area contributed by atoms with Crippen LogP contribution in [0.2, 0.25) is 0 Å². The van der Waals surface area contributed by atoms with E-state index < -0.39 is 0 Å². The Hall–Kier alpha value is -0.0900. The van der Waals surface area contributed by atoms with E-state index in [1.54, 1.807) is 0 Å². The van der Waals surface area contributed by atoms with Gasteiger partial charge in [-0.15, -0.1) is 0 Å². The van der Waals surface area contributed by atoms with Gasteiger partial charge in [-0.2, -0.15) is 0 Å². The largest absolute Gasteiger partial charge is 0.354 e. The number of hydrogen-bond acceptors (Lipinski definition) is 2. The van der Waals surface area contributed by atoms with Crippen LogP contribution in [0.3, 0.4) is 0 Å². The summed E-state index contributed by atoms with van der Waals surface area (Å²) in [5.41, 5.74) is 0. The van der Waals surface area contributed by atoms with Crippen LogP contribution in [0.1, 0.15) is 32.6 Å². The first-order chi connectivity index (χ1) is 7.06. The van der Waals surface area contributed by atoms with Crippen LogP contribution in [0.15, 0.2) is 0 Å². The standard InChI is InChI=1S/C11H23BrN2O/c1-10(7-9-14(2)3)13-11(15)6-4-5-8-12/h10H,4-9H2,1-3H3,(H,13,15). The van der Waals surface area contributed by atoms with Gasteiger partial charge < -0.3 is 10.2 Å². The van der Waals surface area contributed by atoms with Gasteiger partial charge in [0.15, 0.2) is 0 Å². The van der Waals surface area contributed by atoms with E-state index in [1.807, 2.05) is 14.1 Å². The normalized spacial score (nSPS) is 12.9. The number of alkyl halides is 1. The molecule has 0 aliphatic carbocycles. The lowest BCUT2D eigenvalue weighted by molar-refractivity contribution is -0.121. The molecule has 0 aromatic heterocycles. The Morgan fingerprint density at radius 2 is 2.07 bits per heavy atom. The Morgan fingerprint density at radius 3 is 2.60 bits per heavy atom. The minimum Gasteiger partial charge on any atom is -0.354 e. The van der Waals surface area contributed by atoms with Crippen LogP contribution in [0.4, 0.5) is 0 Å². The minimum absolute atomic E-state index is 0.183. The number of hydrogen-bond donors (Lipinski definition) is 1. The van der Waals surface area contributed by atoms with Gasteiger partial charge in [0.25, 0.3) is 0 Å². The molecule has 0 aromatic carbocycles. The fraction of sp³-hybridized carbons (Fsp3) is 0.909. The first-order valence-electron chi connectivity index (χ1n) is 5.56. The monoisotopic (exact) mass is 278 g/mol. The van der Waals surface area contributed by atoms with Crippen molar-refractivity contribution in [1.29, 1.82) is 0 Å². The second-order valence-electron chi connectivity index (χ2n) is 4.21. The predicted molar refractivity (Wildman–Crippen MR) is 68.4 cm³/mol. The van der Waals surface area contributed by atoms with E-state index in [4.69, 9.17) is 0 Å². The van der Waals surface area contributed by atoms with Gasteiger partial charge in [0.05, 0.1) is 0 Å². The number of carbonyl (C=O) groups is 1. The molecule has 0 heterocycles. The topological polar surface area (TPSA) is 32.3 Å². The minimum atomic E-state index is 0.183. The Bertz CT molecular complexity index is 174. The van der Waals surface area contributed by atoms with Crippen LogP contribution in [0.25, 0.3) is 0 Å². The number of nitrogens with zero attached hydrogens (tertiary/aromatic N) is 1. The molecule has 0 aliphatic heterocycles. The lowest BCUT2D eigenvalue weighted by Gasteiger charge is -2.16. The lowest BCUT2D eigenvalue weighted by atomic mass is 10.2. The summed E-state index contributed by atoms with van der Waals surface area (Å²) in [6.07, 6.45) is 3.70. The number of unbranched alkanes of at least 4 members (excludes halogenated alkanes) is 1. The highest BCUT2D eigenvalue weighted by molar-refractivity contribution is 9.09. The summed E-state index contributed by atoms with van der Waals surface area (Å²) < 4.78 is 0. The molecule has 0 saturated carbocycles. The molecule has 0 saturated heterocycles. The number of carbonyl (C=O) groups excluding carboxylic acids is 1. The van der Waals surface area contributed by atoms with Crippen molar-refractivity contribution in [2.45, 2.75) is 38.6 Å². The summed E-state index contributed by atoms with van der Waals surface area (Å²) in [6.45, 7) is 3.08. The van der Waals surface area contributed by atoms with Gasteiger partial charge in [0.2, 0.25) is 5.91 Å². The molecule has 3 nitrogen and oxygen atoms in total. The summed E-state index contributed by atoms with van der Waals surface area (Å²) in [6, 6.07) is 0.281. The maximum Gasteiger partial charge on any atom is 0.220 e. The lowest BCUT2D eigenvalue weighted by Crippen LogP contribution is -2.34. The highest BCUT2D eigenvalue weighted by atomic mass is 79.9. The average Bonchev–Trinajstić information content (AvgIpc) is 2.15. The zero-order valence-electron chi connectivity index (χ0n) is 10.1. The van der Waals surface area contributed by atoms with Crippen molar-refractivity contribution in [3.05, 3.63) is 0 Å². The molecule has 1 unspecified atom stereocenters. The summed E-state index contributed by atoms with van der Waals surface area (Å²) in [5.74, 6) is 0.183. The average molecular weight is 279 g/mol.